The van der Waals surface area contributed by atoms with Crippen LogP contribution in [0.1, 0.15) is 22.3 Å². The number of anilines is 1. The van der Waals surface area contributed by atoms with Crippen molar-refractivity contribution < 1.29 is 22.7 Å². The van der Waals surface area contributed by atoms with Gasteiger partial charge >= 0.3 is 6.18 Å². The van der Waals surface area contributed by atoms with Gasteiger partial charge in [0.15, 0.2) is 0 Å². The van der Waals surface area contributed by atoms with Gasteiger partial charge in [-0.05, 0) is 48.5 Å². The molecule has 0 saturated carbocycles. The standard InChI is InChI=1S/C23H13BrCl2F3NO2/c24-15-3-6-21(32-11-12-1-4-16(25)10-19(12)26)13(7-15)8-18-17-5-2-14(23(27,28)29)9-20(17)30-22(18)31/h1-10H,11H2,(H,30,31)/b18-8-. The Hall–Kier alpha value is -2.48. The van der Waals surface area contributed by atoms with E-state index in [0.717, 1.165) is 22.2 Å². The second kappa shape index (κ2) is 8.81. The molecular weight excluding hydrogens is 530 g/mol. The average molecular weight is 543 g/mol. The van der Waals surface area contributed by atoms with Crippen LogP contribution in [0.4, 0.5) is 18.9 Å². The van der Waals surface area contributed by atoms with E-state index in [1.807, 2.05) is 0 Å². The van der Waals surface area contributed by atoms with Gasteiger partial charge in [0.05, 0.1) is 5.56 Å². The Morgan fingerprint density at radius 1 is 1.03 bits per heavy atom. The Labute approximate surface area is 199 Å². The zero-order valence-corrected chi connectivity index (χ0v) is 19.2. The third-order valence-corrected chi connectivity index (χ3v) is 5.88. The molecule has 3 nitrogen and oxygen atoms in total. The fraction of sp³-hybridized carbons (Fsp3) is 0.0870. The van der Waals surface area contributed by atoms with E-state index in [1.54, 1.807) is 42.5 Å². The highest BCUT2D eigenvalue weighted by molar-refractivity contribution is 9.10. The Balaban J connectivity index is 1.67. The van der Waals surface area contributed by atoms with Crippen LogP contribution >= 0.6 is 39.1 Å². The monoisotopic (exact) mass is 541 g/mol. The van der Waals surface area contributed by atoms with Gasteiger partial charge in [0.1, 0.15) is 12.4 Å². The molecule has 0 fully saturated rings. The molecule has 3 aromatic carbocycles. The van der Waals surface area contributed by atoms with Crippen LogP contribution in [-0.4, -0.2) is 5.91 Å². The van der Waals surface area contributed by atoms with E-state index in [0.29, 0.717) is 26.9 Å². The van der Waals surface area contributed by atoms with Crippen LogP contribution in [0.5, 0.6) is 5.75 Å². The molecule has 3 aromatic rings. The quantitative estimate of drug-likeness (QED) is 0.341. The minimum atomic E-state index is -4.50. The molecule has 4 rings (SSSR count). The lowest BCUT2D eigenvalue weighted by Gasteiger charge is -2.12. The highest BCUT2D eigenvalue weighted by Gasteiger charge is 2.33. The van der Waals surface area contributed by atoms with Crippen molar-refractivity contribution in [3.05, 3.63) is 91.4 Å². The molecule has 1 heterocycles. The van der Waals surface area contributed by atoms with Crippen LogP contribution in [-0.2, 0) is 17.6 Å². The maximum Gasteiger partial charge on any atom is 0.416 e. The minimum Gasteiger partial charge on any atom is -0.488 e. The van der Waals surface area contributed by atoms with Gasteiger partial charge in [-0.25, -0.2) is 0 Å². The SMILES string of the molecule is O=C1Nc2cc(C(F)(F)F)ccc2/C1=C/c1cc(Br)ccc1OCc1ccc(Cl)cc1Cl. The third kappa shape index (κ3) is 4.80. The second-order valence-electron chi connectivity index (χ2n) is 6.98. The number of nitrogens with one attached hydrogen (secondary N) is 1. The lowest BCUT2D eigenvalue weighted by atomic mass is 10.0. The Morgan fingerprint density at radius 2 is 1.81 bits per heavy atom. The fourth-order valence-corrected chi connectivity index (χ4v) is 4.07. The van der Waals surface area contributed by atoms with Crippen LogP contribution in [0.15, 0.2) is 59.1 Å². The van der Waals surface area contributed by atoms with Crippen molar-refractivity contribution in [3.63, 3.8) is 0 Å². The van der Waals surface area contributed by atoms with Crippen LogP contribution in [0.2, 0.25) is 10.0 Å². The normalized spacial score (nSPS) is 14.4. The number of carbonyl (C=O) groups is 1. The summed E-state index contributed by atoms with van der Waals surface area (Å²) in [6.07, 6.45) is -2.92. The molecule has 1 aliphatic rings. The minimum absolute atomic E-state index is 0.112. The molecule has 0 unspecified atom stereocenters. The van der Waals surface area contributed by atoms with Crippen molar-refractivity contribution in [2.24, 2.45) is 0 Å². The van der Waals surface area contributed by atoms with E-state index in [4.69, 9.17) is 27.9 Å². The summed E-state index contributed by atoms with van der Waals surface area (Å²) >= 11 is 15.5. The third-order valence-electron chi connectivity index (χ3n) is 4.80. The van der Waals surface area contributed by atoms with Crippen LogP contribution in [0, 0.1) is 0 Å². The second-order valence-corrected chi connectivity index (χ2v) is 8.74. The molecule has 0 aromatic heterocycles. The fourth-order valence-electron chi connectivity index (χ4n) is 3.23. The maximum absolute atomic E-state index is 13.0. The Morgan fingerprint density at radius 3 is 2.53 bits per heavy atom. The number of carbonyl (C=O) groups excluding carboxylic acids is 1. The zero-order chi connectivity index (χ0) is 23.0. The summed E-state index contributed by atoms with van der Waals surface area (Å²) in [6.45, 7) is 0.158. The number of amides is 1. The van der Waals surface area contributed by atoms with Crippen molar-refractivity contribution >= 4 is 62.4 Å². The van der Waals surface area contributed by atoms with E-state index < -0.39 is 17.6 Å². The molecule has 1 aliphatic heterocycles. The number of alkyl halides is 3. The number of hydrogen-bond donors (Lipinski definition) is 1. The maximum atomic E-state index is 13.0. The Kier molecular flexibility index (Phi) is 6.25. The van der Waals surface area contributed by atoms with Crippen molar-refractivity contribution in [2.75, 3.05) is 5.32 Å². The number of rotatable bonds is 4. The first kappa shape index (κ1) is 22.7. The summed E-state index contributed by atoms with van der Waals surface area (Å²) in [7, 11) is 0. The lowest BCUT2D eigenvalue weighted by Crippen LogP contribution is -2.06. The topological polar surface area (TPSA) is 38.3 Å². The zero-order valence-electron chi connectivity index (χ0n) is 16.1. The molecule has 0 spiro atoms. The summed E-state index contributed by atoms with van der Waals surface area (Å²) in [5.41, 5.74) is 1.20. The smallest absolute Gasteiger partial charge is 0.416 e. The number of ether oxygens (including phenoxy) is 1. The highest BCUT2D eigenvalue weighted by atomic mass is 79.9. The molecular formula is C23H13BrCl2F3NO2. The molecule has 1 amide bonds. The van der Waals surface area contributed by atoms with Gasteiger partial charge in [-0.2, -0.15) is 13.2 Å². The summed E-state index contributed by atoms with van der Waals surface area (Å²) in [5.74, 6) is -0.0223. The van der Waals surface area contributed by atoms with Gasteiger partial charge in [-0.3, -0.25) is 4.79 Å². The summed E-state index contributed by atoms with van der Waals surface area (Å²) < 4.78 is 45.7. The van der Waals surface area contributed by atoms with E-state index in [-0.39, 0.29) is 17.9 Å². The molecule has 0 saturated heterocycles. The van der Waals surface area contributed by atoms with Gasteiger partial charge in [-0.1, -0.05) is 51.3 Å². The van der Waals surface area contributed by atoms with Crippen LogP contribution < -0.4 is 10.1 Å². The highest BCUT2D eigenvalue weighted by Crippen LogP contribution is 2.39. The summed E-state index contributed by atoms with van der Waals surface area (Å²) in [5, 5.41) is 3.46. The predicted molar refractivity (Wildman–Crippen MR) is 123 cm³/mol. The van der Waals surface area contributed by atoms with Gasteiger partial charge in [0, 0.05) is 42.5 Å². The van der Waals surface area contributed by atoms with Gasteiger partial charge in [-0.15, -0.1) is 0 Å². The van der Waals surface area contributed by atoms with E-state index in [9.17, 15) is 18.0 Å². The predicted octanol–water partition coefficient (Wildman–Crippen LogP) is 7.85. The van der Waals surface area contributed by atoms with Crippen LogP contribution in [0.25, 0.3) is 11.6 Å². The molecule has 0 aliphatic carbocycles. The molecule has 9 heteroatoms. The van der Waals surface area contributed by atoms with E-state index in [2.05, 4.69) is 21.2 Å². The van der Waals surface area contributed by atoms with Crippen molar-refractivity contribution in [2.45, 2.75) is 12.8 Å². The van der Waals surface area contributed by atoms with Gasteiger partial charge < -0.3 is 10.1 Å². The lowest BCUT2D eigenvalue weighted by molar-refractivity contribution is -0.137. The molecule has 0 bridgehead atoms. The van der Waals surface area contributed by atoms with Crippen molar-refractivity contribution in [1.29, 1.82) is 0 Å². The number of hydrogen-bond acceptors (Lipinski definition) is 2. The van der Waals surface area contributed by atoms with E-state index >= 15 is 0 Å². The number of fused-ring (bicyclic) bond motifs is 1. The average Bonchev–Trinajstić information content (AvgIpc) is 3.02. The first-order chi connectivity index (χ1) is 15.1. The molecule has 1 N–H and O–H groups in total. The van der Waals surface area contributed by atoms with Gasteiger partial charge in [0.25, 0.3) is 5.91 Å². The Bertz CT molecular complexity index is 1260. The van der Waals surface area contributed by atoms with Crippen molar-refractivity contribution in [3.8, 4) is 5.75 Å². The summed E-state index contributed by atoms with van der Waals surface area (Å²) in [4.78, 5) is 12.5. The largest absolute Gasteiger partial charge is 0.488 e. The summed E-state index contributed by atoms with van der Waals surface area (Å²) in [6, 6.07) is 13.5. The molecule has 0 atom stereocenters. The first-order valence-electron chi connectivity index (χ1n) is 9.23. The first-order valence-corrected chi connectivity index (χ1v) is 10.8. The van der Waals surface area contributed by atoms with Crippen LogP contribution in [0.3, 0.4) is 0 Å². The molecule has 164 valence electrons. The molecule has 32 heavy (non-hydrogen) atoms. The number of benzene rings is 3. The van der Waals surface area contributed by atoms with Crippen molar-refractivity contribution in [1.82, 2.24) is 0 Å². The van der Waals surface area contributed by atoms with E-state index in [1.165, 1.54) is 6.07 Å². The molecule has 0 radical (unpaired) electrons. The van der Waals surface area contributed by atoms with Gasteiger partial charge in [0.2, 0.25) is 0 Å². The number of halogens is 6.